The lowest BCUT2D eigenvalue weighted by Gasteiger charge is -2.21. The second-order valence-electron chi connectivity index (χ2n) is 26.1. The van der Waals surface area contributed by atoms with Crippen LogP contribution in [0.25, 0.3) is 0 Å². The van der Waals surface area contributed by atoms with Crippen molar-refractivity contribution in [3.63, 3.8) is 0 Å². The molecule has 542 valence electrons. The molecule has 2 unspecified atom stereocenters. The first-order valence-corrected chi connectivity index (χ1v) is 40.4. The van der Waals surface area contributed by atoms with Crippen molar-refractivity contribution in [2.45, 2.75) is 374 Å². The van der Waals surface area contributed by atoms with Crippen LogP contribution in [0.3, 0.4) is 0 Å². The quantitative estimate of drug-likeness (QED) is 0.0169. The van der Waals surface area contributed by atoms with E-state index >= 15 is 0 Å². The van der Waals surface area contributed by atoms with Gasteiger partial charge >= 0.3 is 39.5 Å². The second kappa shape index (κ2) is 65.8. The Morgan fingerprint density at radius 2 is 0.587 bits per heavy atom. The Hall–Kier alpha value is -2.46. The van der Waals surface area contributed by atoms with E-state index in [1.165, 1.54) is 161 Å². The highest BCUT2D eigenvalue weighted by molar-refractivity contribution is 7.47. The number of hydrogen-bond acceptors (Lipinski definition) is 15. The van der Waals surface area contributed by atoms with Gasteiger partial charge in [0, 0.05) is 25.7 Å². The molecule has 0 spiro atoms. The molecule has 3 N–H and O–H groups in total. The van der Waals surface area contributed by atoms with Gasteiger partial charge in [0.25, 0.3) is 0 Å². The minimum absolute atomic E-state index is 0.101. The molecule has 0 aromatic carbocycles. The number of phosphoric acid groups is 2. The molecule has 0 aliphatic rings. The Morgan fingerprint density at radius 1 is 0.337 bits per heavy atom. The highest BCUT2D eigenvalue weighted by Gasteiger charge is 2.30. The topological polar surface area (TPSA) is 237 Å². The van der Waals surface area contributed by atoms with Gasteiger partial charge in [-0.25, -0.2) is 9.13 Å². The molecule has 0 fully saturated rings. The summed E-state index contributed by atoms with van der Waals surface area (Å²) in [7, 11) is -9.91. The monoisotopic (exact) mass is 1350 g/mol. The van der Waals surface area contributed by atoms with Crippen LogP contribution in [0, 0.1) is 5.92 Å². The normalized spacial score (nSPS) is 14.2. The summed E-state index contributed by atoms with van der Waals surface area (Å²) >= 11 is 0. The van der Waals surface area contributed by atoms with Gasteiger partial charge in [-0.15, -0.1) is 0 Å². The van der Waals surface area contributed by atoms with Gasteiger partial charge in [-0.3, -0.25) is 37.3 Å². The van der Waals surface area contributed by atoms with E-state index in [1.54, 1.807) is 0 Å². The van der Waals surface area contributed by atoms with Crippen LogP contribution in [0.5, 0.6) is 0 Å². The molecule has 0 radical (unpaired) electrons. The van der Waals surface area contributed by atoms with E-state index in [9.17, 15) is 43.2 Å². The largest absolute Gasteiger partial charge is 0.472 e. The smallest absolute Gasteiger partial charge is 0.462 e. The number of esters is 4. The van der Waals surface area contributed by atoms with Crippen LogP contribution in [-0.4, -0.2) is 96.7 Å². The molecular weight excluding hydrogens is 1210 g/mol. The van der Waals surface area contributed by atoms with E-state index in [4.69, 9.17) is 37.0 Å². The van der Waals surface area contributed by atoms with Crippen LogP contribution in [-0.2, 0) is 65.4 Å². The molecule has 0 aromatic heterocycles. The molecule has 0 heterocycles. The fraction of sp³-hybridized carbons (Fsp3) is 0.890. The lowest BCUT2D eigenvalue weighted by molar-refractivity contribution is -0.161. The van der Waals surface area contributed by atoms with E-state index in [2.05, 4.69) is 58.9 Å². The first-order valence-electron chi connectivity index (χ1n) is 37.5. The highest BCUT2D eigenvalue weighted by Crippen LogP contribution is 2.45. The van der Waals surface area contributed by atoms with Gasteiger partial charge in [-0.2, -0.15) is 0 Å². The zero-order chi connectivity index (χ0) is 67.7. The van der Waals surface area contributed by atoms with Crippen molar-refractivity contribution < 1.29 is 80.2 Å². The molecule has 5 atom stereocenters. The second-order valence-corrected chi connectivity index (χ2v) is 29.0. The first kappa shape index (κ1) is 89.5. The lowest BCUT2D eigenvalue weighted by Crippen LogP contribution is -2.30. The van der Waals surface area contributed by atoms with E-state index in [0.29, 0.717) is 25.7 Å². The molecule has 19 heteroatoms. The van der Waals surface area contributed by atoms with Gasteiger partial charge < -0.3 is 33.8 Å². The number of hydrogen-bond donors (Lipinski definition) is 3. The maximum absolute atomic E-state index is 13.0. The molecule has 0 aromatic rings. The maximum Gasteiger partial charge on any atom is 0.472 e. The number of aliphatic hydroxyl groups is 1. The van der Waals surface area contributed by atoms with Crippen molar-refractivity contribution in [3.05, 3.63) is 24.3 Å². The van der Waals surface area contributed by atoms with Crippen LogP contribution in [0.1, 0.15) is 356 Å². The van der Waals surface area contributed by atoms with Crippen molar-refractivity contribution in [2.24, 2.45) is 5.92 Å². The average molecular weight is 1350 g/mol. The molecule has 0 saturated heterocycles. The summed E-state index contributed by atoms with van der Waals surface area (Å²) in [5.74, 6) is -1.34. The SMILES string of the molecule is CCCCCC/C=C\C=C/CCCCCCCC(=O)OC[C@H](COP(=O)(O)OC[C@@H](O)COP(=O)(O)OC[C@@H](COC(=O)CCCCCCCCCCC)OC(=O)CCCCCCCCCCC)OC(=O)CCCCCCCCCCCCCCCCCCC(C)C. The van der Waals surface area contributed by atoms with Crippen molar-refractivity contribution >= 4 is 39.5 Å². The Bertz CT molecular complexity index is 1860. The van der Waals surface area contributed by atoms with Crippen LogP contribution < -0.4 is 0 Å². The van der Waals surface area contributed by atoms with Crippen molar-refractivity contribution in [1.82, 2.24) is 0 Å². The minimum atomic E-state index is -4.96. The molecule has 17 nitrogen and oxygen atoms in total. The van der Waals surface area contributed by atoms with Crippen LogP contribution in [0.4, 0.5) is 0 Å². The van der Waals surface area contributed by atoms with Gasteiger partial charge in [0.15, 0.2) is 12.2 Å². The number of phosphoric ester groups is 2. The summed E-state index contributed by atoms with van der Waals surface area (Å²) in [5.41, 5.74) is 0. The van der Waals surface area contributed by atoms with E-state index < -0.39 is 97.5 Å². The molecule has 0 amide bonds. The summed E-state index contributed by atoms with van der Waals surface area (Å²) < 4.78 is 68.2. The maximum atomic E-state index is 13.0. The zero-order valence-electron chi connectivity index (χ0n) is 59.2. The van der Waals surface area contributed by atoms with Crippen molar-refractivity contribution in [1.29, 1.82) is 0 Å². The Balaban J connectivity index is 5.23. The summed E-state index contributed by atoms with van der Waals surface area (Å²) in [6.07, 6.45) is 56.3. The molecule has 0 saturated carbocycles. The summed E-state index contributed by atoms with van der Waals surface area (Å²) in [6, 6.07) is 0. The Morgan fingerprint density at radius 3 is 0.891 bits per heavy atom. The van der Waals surface area contributed by atoms with Gasteiger partial charge in [0.2, 0.25) is 0 Å². The number of rotatable bonds is 71. The standard InChI is InChI=1S/C73H138O17P2/c1-6-9-12-15-18-21-22-23-26-30-33-38-42-47-52-57-71(76)84-63-69(90-73(78)59-54-49-44-39-34-31-28-25-24-27-29-32-37-40-45-50-55-66(4)5)65-88-92(81,82)86-61-67(74)60-85-91(79,80)87-64-68(89-72(77)58-53-48-43-36-20-17-14-11-8-3)62-83-70(75)56-51-46-41-35-19-16-13-10-7-2/h21-23,26,66-69,74H,6-20,24-25,27-65H2,1-5H3,(H,79,80)(H,81,82)/b22-21-,26-23-/t67-,68+,69+/m0/s1. The molecular formula is C73H138O17P2. The number of carbonyl (C=O) groups is 4. The van der Waals surface area contributed by atoms with E-state index in [0.717, 1.165) is 115 Å². The fourth-order valence-corrected chi connectivity index (χ4v) is 12.2. The van der Waals surface area contributed by atoms with Crippen LogP contribution in [0.15, 0.2) is 24.3 Å². The number of allylic oxidation sites excluding steroid dienone is 4. The highest BCUT2D eigenvalue weighted by atomic mass is 31.2. The summed E-state index contributed by atoms with van der Waals surface area (Å²) in [5, 5.41) is 10.6. The summed E-state index contributed by atoms with van der Waals surface area (Å²) in [6.45, 7) is 7.20. The van der Waals surface area contributed by atoms with Gasteiger partial charge in [0.1, 0.15) is 19.3 Å². The first-order chi connectivity index (χ1) is 44.5. The third-order valence-electron chi connectivity index (χ3n) is 16.4. The summed E-state index contributed by atoms with van der Waals surface area (Å²) in [4.78, 5) is 72.5. The van der Waals surface area contributed by atoms with E-state index in [-0.39, 0.29) is 25.7 Å². The predicted octanol–water partition coefficient (Wildman–Crippen LogP) is 20.9. The number of carbonyl (C=O) groups excluding carboxylic acids is 4. The van der Waals surface area contributed by atoms with Crippen LogP contribution in [0.2, 0.25) is 0 Å². The van der Waals surface area contributed by atoms with E-state index in [1.807, 2.05) is 0 Å². The Kier molecular flexibility index (Phi) is 64.0. The molecule has 0 aliphatic carbocycles. The van der Waals surface area contributed by atoms with Crippen molar-refractivity contribution in [2.75, 3.05) is 39.6 Å². The third-order valence-corrected chi connectivity index (χ3v) is 18.3. The van der Waals surface area contributed by atoms with Gasteiger partial charge in [0.05, 0.1) is 26.4 Å². The number of ether oxygens (including phenoxy) is 4. The van der Waals surface area contributed by atoms with Crippen LogP contribution >= 0.6 is 15.6 Å². The lowest BCUT2D eigenvalue weighted by atomic mass is 10.0. The molecule has 92 heavy (non-hydrogen) atoms. The van der Waals surface area contributed by atoms with Gasteiger partial charge in [-0.1, -0.05) is 303 Å². The molecule has 0 aliphatic heterocycles. The fourth-order valence-electron chi connectivity index (χ4n) is 10.6. The predicted molar refractivity (Wildman–Crippen MR) is 372 cm³/mol. The molecule has 0 bridgehead atoms. The van der Waals surface area contributed by atoms with Gasteiger partial charge in [-0.05, 0) is 57.3 Å². The molecule has 0 rings (SSSR count). The Labute approximate surface area is 561 Å². The zero-order valence-corrected chi connectivity index (χ0v) is 61.0. The number of unbranched alkanes of at least 4 members (excludes halogenated alkanes) is 40. The average Bonchev–Trinajstić information content (AvgIpc) is 1.94. The third kappa shape index (κ3) is 66.2. The number of aliphatic hydroxyl groups excluding tert-OH is 1. The van der Waals surface area contributed by atoms with Crippen molar-refractivity contribution in [3.8, 4) is 0 Å². The minimum Gasteiger partial charge on any atom is -0.462 e.